The van der Waals surface area contributed by atoms with E-state index in [-0.39, 0.29) is 11.0 Å². The zero-order valence-electron chi connectivity index (χ0n) is 13.9. The molecule has 0 unspecified atom stereocenters. The zero-order chi connectivity index (χ0) is 17.8. The Bertz CT molecular complexity index is 919. The Hall–Kier alpha value is -2.57. The first-order valence-electron chi connectivity index (χ1n) is 7.73. The maximum atomic E-state index is 12.1. The molecule has 2 N–H and O–H groups in total. The average Bonchev–Trinajstić information content (AvgIpc) is 3.05. The second kappa shape index (κ2) is 7.55. The lowest BCUT2D eigenvalue weighted by atomic mass is 10.0. The van der Waals surface area contributed by atoms with Gasteiger partial charge in [-0.1, -0.05) is 35.9 Å². The van der Waals surface area contributed by atoms with Crippen LogP contribution in [0.1, 0.15) is 21.5 Å². The first-order chi connectivity index (χ1) is 12.0. The molecule has 0 spiro atoms. The maximum absolute atomic E-state index is 12.1. The van der Waals surface area contributed by atoms with E-state index in [9.17, 15) is 4.79 Å². The lowest BCUT2D eigenvalue weighted by Gasteiger charge is -2.07. The van der Waals surface area contributed by atoms with Crippen LogP contribution in [-0.4, -0.2) is 16.0 Å². The van der Waals surface area contributed by atoms with E-state index in [0.717, 1.165) is 11.3 Å². The van der Waals surface area contributed by atoms with Gasteiger partial charge in [0.25, 0.3) is 5.91 Å². The van der Waals surface area contributed by atoms with E-state index in [2.05, 4.69) is 47.7 Å². The molecular weight excluding hydrogens is 350 g/mol. The van der Waals surface area contributed by atoms with E-state index in [0.29, 0.717) is 10.7 Å². The van der Waals surface area contributed by atoms with Gasteiger partial charge in [-0.3, -0.25) is 10.1 Å². The van der Waals surface area contributed by atoms with Gasteiger partial charge in [-0.2, -0.15) is 0 Å². The standard InChI is InChI=1S/C19H17N3OS2/c1-12-8-9-13(2)15(10-12)16-11-25-19(20-16)22-18(24)21-17(23)14-6-4-3-5-7-14/h3-11H,1-2H3,(H2,20,21,22,23,24). The van der Waals surface area contributed by atoms with Crippen molar-refractivity contribution in [1.82, 2.24) is 10.3 Å². The number of anilines is 1. The number of carbonyl (C=O) groups excluding carboxylic acids is 1. The minimum atomic E-state index is -0.246. The molecule has 1 amide bonds. The van der Waals surface area contributed by atoms with Gasteiger partial charge in [0, 0.05) is 16.5 Å². The Kier molecular flexibility index (Phi) is 5.21. The third-order valence-electron chi connectivity index (χ3n) is 3.66. The number of hydrogen-bond acceptors (Lipinski definition) is 4. The van der Waals surface area contributed by atoms with Gasteiger partial charge in [0.15, 0.2) is 10.2 Å². The van der Waals surface area contributed by atoms with Crippen LogP contribution >= 0.6 is 23.6 Å². The zero-order valence-corrected chi connectivity index (χ0v) is 15.5. The summed E-state index contributed by atoms with van der Waals surface area (Å²) in [5, 5.41) is 8.49. The van der Waals surface area contributed by atoms with Crippen LogP contribution in [0.15, 0.2) is 53.9 Å². The summed E-state index contributed by atoms with van der Waals surface area (Å²) in [6.45, 7) is 4.12. The van der Waals surface area contributed by atoms with Crippen molar-refractivity contribution >= 4 is 39.7 Å². The van der Waals surface area contributed by atoms with E-state index >= 15 is 0 Å². The summed E-state index contributed by atoms with van der Waals surface area (Å²) in [5.41, 5.74) is 4.91. The summed E-state index contributed by atoms with van der Waals surface area (Å²) in [7, 11) is 0. The van der Waals surface area contributed by atoms with Crippen molar-refractivity contribution in [2.45, 2.75) is 13.8 Å². The van der Waals surface area contributed by atoms with Crippen molar-refractivity contribution in [2.24, 2.45) is 0 Å². The monoisotopic (exact) mass is 367 g/mol. The number of aromatic nitrogens is 1. The van der Waals surface area contributed by atoms with E-state index in [1.54, 1.807) is 12.1 Å². The molecule has 4 nitrogen and oxygen atoms in total. The van der Waals surface area contributed by atoms with Crippen molar-refractivity contribution in [1.29, 1.82) is 0 Å². The third-order valence-corrected chi connectivity index (χ3v) is 4.62. The molecule has 0 saturated carbocycles. The summed E-state index contributed by atoms with van der Waals surface area (Å²) in [6, 6.07) is 15.2. The molecule has 2 aromatic carbocycles. The van der Waals surface area contributed by atoms with Gasteiger partial charge in [-0.15, -0.1) is 11.3 Å². The molecule has 0 atom stereocenters. The first-order valence-corrected chi connectivity index (χ1v) is 9.02. The van der Waals surface area contributed by atoms with Gasteiger partial charge < -0.3 is 5.32 Å². The molecule has 0 saturated heterocycles. The van der Waals surface area contributed by atoms with Crippen LogP contribution in [-0.2, 0) is 0 Å². The highest BCUT2D eigenvalue weighted by Crippen LogP contribution is 2.28. The quantitative estimate of drug-likeness (QED) is 0.667. The molecule has 6 heteroatoms. The van der Waals surface area contributed by atoms with E-state index < -0.39 is 0 Å². The van der Waals surface area contributed by atoms with Gasteiger partial charge in [0.2, 0.25) is 0 Å². The molecule has 0 bridgehead atoms. The van der Waals surface area contributed by atoms with E-state index in [4.69, 9.17) is 12.2 Å². The third kappa shape index (κ3) is 4.29. The van der Waals surface area contributed by atoms with Gasteiger partial charge >= 0.3 is 0 Å². The van der Waals surface area contributed by atoms with Crippen LogP contribution < -0.4 is 10.6 Å². The second-order valence-corrected chi connectivity index (χ2v) is 6.90. The number of carbonyl (C=O) groups is 1. The van der Waals surface area contributed by atoms with Crippen LogP contribution in [0.25, 0.3) is 11.3 Å². The topological polar surface area (TPSA) is 54.0 Å². The van der Waals surface area contributed by atoms with Crippen molar-refractivity contribution in [2.75, 3.05) is 5.32 Å². The Morgan fingerprint density at radius 1 is 1.12 bits per heavy atom. The summed E-state index contributed by atoms with van der Waals surface area (Å²) in [4.78, 5) is 16.7. The molecule has 126 valence electrons. The summed E-state index contributed by atoms with van der Waals surface area (Å²) in [6.07, 6.45) is 0. The normalized spacial score (nSPS) is 10.3. The highest BCUT2D eigenvalue weighted by Gasteiger charge is 2.11. The summed E-state index contributed by atoms with van der Waals surface area (Å²) < 4.78 is 0. The number of nitrogens with zero attached hydrogens (tertiary/aromatic N) is 1. The Morgan fingerprint density at radius 3 is 2.64 bits per heavy atom. The number of benzene rings is 2. The minimum absolute atomic E-state index is 0.232. The van der Waals surface area contributed by atoms with E-state index in [1.165, 1.54) is 22.5 Å². The first kappa shape index (κ1) is 17.3. The van der Waals surface area contributed by atoms with Crippen molar-refractivity contribution < 1.29 is 4.79 Å². The number of rotatable bonds is 3. The fraction of sp³-hybridized carbons (Fsp3) is 0.105. The fourth-order valence-electron chi connectivity index (χ4n) is 2.36. The van der Waals surface area contributed by atoms with Crippen LogP contribution in [0, 0.1) is 13.8 Å². The number of amides is 1. The lowest BCUT2D eigenvalue weighted by Crippen LogP contribution is -2.34. The SMILES string of the molecule is Cc1ccc(C)c(-c2csc(NC(=S)NC(=O)c3ccccc3)n2)c1. The van der Waals surface area contributed by atoms with Gasteiger partial charge in [0.1, 0.15) is 0 Å². The molecule has 3 rings (SSSR count). The highest BCUT2D eigenvalue weighted by atomic mass is 32.1. The minimum Gasteiger partial charge on any atom is -0.308 e. The molecule has 3 aromatic rings. The maximum Gasteiger partial charge on any atom is 0.257 e. The van der Waals surface area contributed by atoms with E-state index in [1.807, 2.05) is 23.6 Å². The number of hydrogen-bond donors (Lipinski definition) is 2. The summed E-state index contributed by atoms with van der Waals surface area (Å²) >= 11 is 6.66. The van der Waals surface area contributed by atoms with Crippen molar-refractivity contribution in [3.8, 4) is 11.3 Å². The lowest BCUT2D eigenvalue weighted by molar-refractivity contribution is 0.0977. The molecule has 0 aliphatic heterocycles. The predicted octanol–water partition coefficient (Wildman–Crippen LogP) is 4.55. The molecule has 0 radical (unpaired) electrons. The van der Waals surface area contributed by atoms with Gasteiger partial charge in [-0.25, -0.2) is 4.98 Å². The fourth-order valence-corrected chi connectivity index (χ4v) is 3.33. The average molecular weight is 367 g/mol. The molecule has 0 aliphatic carbocycles. The van der Waals surface area contributed by atoms with Crippen LogP contribution in [0.3, 0.4) is 0 Å². The number of aryl methyl sites for hydroxylation is 2. The van der Waals surface area contributed by atoms with Gasteiger partial charge in [-0.05, 0) is 49.8 Å². The van der Waals surface area contributed by atoms with Crippen molar-refractivity contribution in [3.63, 3.8) is 0 Å². The Morgan fingerprint density at radius 2 is 1.88 bits per heavy atom. The number of thiazole rings is 1. The van der Waals surface area contributed by atoms with Gasteiger partial charge in [0.05, 0.1) is 5.69 Å². The summed E-state index contributed by atoms with van der Waals surface area (Å²) in [5.74, 6) is -0.246. The van der Waals surface area contributed by atoms with Crippen LogP contribution in [0.5, 0.6) is 0 Å². The molecular formula is C19H17N3OS2. The highest BCUT2D eigenvalue weighted by molar-refractivity contribution is 7.80. The molecule has 0 fully saturated rings. The predicted molar refractivity (Wildman–Crippen MR) is 107 cm³/mol. The molecule has 0 aliphatic rings. The number of nitrogens with one attached hydrogen (secondary N) is 2. The largest absolute Gasteiger partial charge is 0.308 e. The number of thiocarbonyl (C=S) groups is 1. The Balaban J connectivity index is 1.68. The second-order valence-electron chi connectivity index (χ2n) is 5.63. The van der Waals surface area contributed by atoms with Crippen molar-refractivity contribution in [3.05, 3.63) is 70.6 Å². The molecule has 25 heavy (non-hydrogen) atoms. The Labute approximate surface area is 155 Å². The van der Waals surface area contributed by atoms with Crippen LogP contribution in [0.4, 0.5) is 5.13 Å². The smallest absolute Gasteiger partial charge is 0.257 e. The molecule has 1 heterocycles. The molecule has 1 aromatic heterocycles. The van der Waals surface area contributed by atoms with Crippen LogP contribution in [0.2, 0.25) is 0 Å².